The summed E-state index contributed by atoms with van der Waals surface area (Å²) < 4.78 is 0. The van der Waals surface area contributed by atoms with E-state index in [1.165, 1.54) is 11.8 Å². The molecule has 1 heterocycles. The summed E-state index contributed by atoms with van der Waals surface area (Å²) in [7, 11) is 0. The molecule has 0 aromatic carbocycles. The minimum absolute atomic E-state index is 0.0819. The summed E-state index contributed by atoms with van der Waals surface area (Å²) in [5.74, 6) is -0.0825. The zero-order chi connectivity index (χ0) is 9.84. The predicted octanol–water partition coefficient (Wildman–Crippen LogP) is 1.19. The van der Waals surface area contributed by atoms with Gasteiger partial charge in [-0.05, 0) is 12.2 Å². The smallest absolute Gasteiger partial charge is 0.342 e. The van der Waals surface area contributed by atoms with Crippen molar-refractivity contribution in [1.29, 1.82) is 0 Å². The molecule has 5 nitrogen and oxygen atoms in total. The highest BCUT2D eigenvalue weighted by Gasteiger charge is 2.17. The van der Waals surface area contributed by atoms with E-state index in [0.717, 1.165) is 12.2 Å². The van der Waals surface area contributed by atoms with Gasteiger partial charge in [0, 0.05) is 0 Å². The van der Waals surface area contributed by atoms with Gasteiger partial charge in [0.15, 0.2) is 0 Å². The monoisotopic (exact) mass is 201 g/mol. The maximum Gasteiger partial charge on any atom is 0.342 e. The number of hydrogen-bond acceptors (Lipinski definition) is 4. The number of nitrogens with two attached hydrogens (primary N) is 1. The third kappa shape index (κ3) is 2.15. The number of thioether (sulfide) groups is 1. The number of anilines is 1. The Morgan fingerprint density at radius 3 is 3.00 bits per heavy atom. The van der Waals surface area contributed by atoms with Gasteiger partial charge in [-0.2, -0.15) is 5.10 Å². The molecule has 0 atom stereocenters. The van der Waals surface area contributed by atoms with Crippen LogP contribution in [0.5, 0.6) is 0 Å². The van der Waals surface area contributed by atoms with E-state index in [-0.39, 0.29) is 11.4 Å². The number of aromatic carboxylic acids is 1. The Balaban J connectivity index is 2.87. The van der Waals surface area contributed by atoms with Crippen molar-refractivity contribution in [2.24, 2.45) is 0 Å². The first-order valence-corrected chi connectivity index (χ1v) is 4.85. The molecule has 0 fully saturated rings. The number of rotatable bonds is 4. The van der Waals surface area contributed by atoms with Crippen molar-refractivity contribution >= 4 is 23.5 Å². The van der Waals surface area contributed by atoms with E-state index in [2.05, 4.69) is 10.2 Å². The Hall–Kier alpha value is -1.17. The standard InChI is InChI=1S/C7H11N3O2S/c1-2-3-13-6-4(7(11)12)5(8)9-10-6/h2-3H2,1H3,(H,11,12)(H3,8,9,10). The minimum atomic E-state index is -1.04. The molecule has 1 aromatic rings. The van der Waals surface area contributed by atoms with Crippen molar-refractivity contribution in [1.82, 2.24) is 10.2 Å². The molecule has 0 saturated carbocycles. The average Bonchev–Trinajstić information content (AvgIpc) is 2.43. The van der Waals surface area contributed by atoms with Crippen LogP contribution in [-0.4, -0.2) is 27.0 Å². The SMILES string of the molecule is CCCSc1n[nH]c(N)c1C(=O)O. The molecule has 72 valence electrons. The Morgan fingerprint density at radius 2 is 2.46 bits per heavy atom. The summed E-state index contributed by atoms with van der Waals surface area (Å²) in [5, 5.41) is 15.5. The molecule has 0 spiro atoms. The third-order valence-electron chi connectivity index (χ3n) is 1.42. The van der Waals surface area contributed by atoms with Gasteiger partial charge in [0.1, 0.15) is 16.4 Å². The first-order chi connectivity index (χ1) is 6.16. The number of carboxylic acid groups (broad SMARTS) is 1. The second-order valence-electron chi connectivity index (χ2n) is 2.47. The fourth-order valence-electron chi connectivity index (χ4n) is 0.848. The number of carboxylic acids is 1. The molecule has 0 bridgehead atoms. The number of nitrogen functional groups attached to an aromatic ring is 1. The van der Waals surface area contributed by atoms with Gasteiger partial charge in [0.2, 0.25) is 0 Å². The van der Waals surface area contributed by atoms with Gasteiger partial charge < -0.3 is 10.8 Å². The first-order valence-electron chi connectivity index (χ1n) is 3.86. The van der Waals surface area contributed by atoms with Crippen molar-refractivity contribution < 1.29 is 9.90 Å². The predicted molar refractivity (Wildman–Crippen MR) is 51.0 cm³/mol. The van der Waals surface area contributed by atoms with E-state index in [0.29, 0.717) is 5.03 Å². The highest BCUT2D eigenvalue weighted by atomic mass is 32.2. The molecule has 0 aliphatic heterocycles. The fraction of sp³-hybridized carbons (Fsp3) is 0.429. The minimum Gasteiger partial charge on any atom is -0.477 e. The summed E-state index contributed by atoms with van der Waals surface area (Å²) in [6, 6.07) is 0. The maximum absolute atomic E-state index is 10.7. The van der Waals surface area contributed by atoms with Crippen molar-refractivity contribution in [3.05, 3.63) is 5.56 Å². The summed E-state index contributed by atoms with van der Waals surface area (Å²) in [4.78, 5) is 10.7. The quantitative estimate of drug-likeness (QED) is 0.636. The zero-order valence-electron chi connectivity index (χ0n) is 7.20. The Labute approximate surface area is 79.7 Å². The first kappa shape index (κ1) is 9.91. The summed E-state index contributed by atoms with van der Waals surface area (Å²) in [5.41, 5.74) is 5.48. The van der Waals surface area contributed by atoms with Gasteiger partial charge in [-0.3, -0.25) is 5.10 Å². The molecule has 13 heavy (non-hydrogen) atoms. The van der Waals surface area contributed by atoms with Gasteiger partial charge in [-0.25, -0.2) is 4.79 Å². The second-order valence-corrected chi connectivity index (χ2v) is 3.55. The Morgan fingerprint density at radius 1 is 1.77 bits per heavy atom. The van der Waals surface area contributed by atoms with Gasteiger partial charge in [-0.1, -0.05) is 6.92 Å². The van der Waals surface area contributed by atoms with Crippen LogP contribution >= 0.6 is 11.8 Å². The van der Waals surface area contributed by atoms with E-state index in [4.69, 9.17) is 10.8 Å². The van der Waals surface area contributed by atoms with E-state index >= 15 is 0 Å². The van der Waals surface area contributed by atoms with Gasteiger partial charge in [-0.15, -0.1) is 11.8 Å². The highest BCUT2D eigenvalue weighted by Crippen LogP contribution is 2.24. The second kappa shape index (κ2) is 4.18. The molecule has 6 heteroatoms. The molecule has 0 unspecified atom stereocenters. The van der Waals surface area contributed by atoms with Crippen molar-refractivity contribution in [2.75, 3.05) is 11.5 Å². The summed E-state index contributed by atoms with van der Waals surface area (Å²) in [6.07, 6.45) is 0.969. The molecule has 4 N–H and O–H groups in total. The number of H-pyrrole nitrogens is 1. The van der Waals surface area contributed by atoms with Crippen molar-refractivity contribution in [3.63, 3.8) is 0 Å². The molecule has 0 radical (unpaired) electrons. The Kier molecular flexibility index (Phi) is 3.18. The van der Waals surface area contributed by atoms with Crippen LogP contribution in [0, 0.1) is 0 Å². The number of carbonyl (C=O) groups is 1. The van der Waals surface area contributed by atoms with E-state index in [9.17, 15) is 4.79 Å². The largest absolute Gasteiger partial charge is 0.477 e. The molecule has 0 aliphatic rings. The van der Waals surface area contributed by atoms with Crippen LogP contribution in [0.4, 0.5) is 5.82 Å². The van der Waals surface area contributed by atoms with Crippen molar-refractivity contribution in [3.8, 4) is 0 Å². The van der Waals surface area contributed by atoms with Crippen molar-refractivity contribution in [2.45, 2.75) is 18.4 Å². The topological polar surface area (TPSA) is 92.0 Å². The van der Waals surface area contributed by atoms with E-state index < -0.39 is 5.97 Å². The lowest BCUT2D eigenvalue weighted by molar-refractivity contribution is 0.0694. The lowest BCUT2D eigenvalue weighted by Crippen LogP contribution is -2.01. The van der Waals surface area contributed by atoms with Gasteiger partial charge in [0.05, 0.1) is 0 Å². The Bertz CT molecular complexity index is 311. The molecule has 0 amide bonds. The van der Waals surface area contributed by atoms with E-state index in [1.807, 2.05) is 6.92 Å². The molecular weight excluding hydrogens is 190 g/mol. The number of nitrogens with zero attached hydrogens (tertiary/aromatic N) is 1. The number of aromatic nitrogens is 2. The lowest BCUT2D eigenvalue weighted by atomic mass is 10.3. The summed E-state index contributed by atoms with van der Waals surface area (Å²) in [6.45, 7) is 2.02. The normalized spacial score (nSPS) is 10.2. The molecule has 0 aliphatic carbocycles. The van der Waals surface area contributed by atoms with Crippen LogP contribution in [-0.2, 0) is 0 Å². The third-order valence-corrected chi connectivity index (χ3v) is 2.60. The van der Waals surface area contributed by atoms with Gasteiger partial charge in [0.25, 0.3) is 0 Å². The highest BCUT2D eigenvalue weighted by molar-refractivity contribution is 7.99. The fourth-order valence-corrected chi connectivity index (χ4v) is 1.70. The number of hydrogen-bond donors (Lipinski definition) is 3. The van der Waals surface area contributed by atoms with Crippen LogP contribution in [0.1, 0.15) is 23.7 Å². The van der Waals surface area contributed by atoms with Crippen LogP contribution in [0.2, 0.25) is 0 Å². The van der Waals surface area contributed by atoms with E-state index in [1.54, 1.807) is 0 Å². The average molecular weight is 201 g/mol. The lowest BCUT2D eigenvalue weighted by Gasteiger charge is -1.96. The zero-order valence-corrected chi connectivity index (χ0v) is 8.02. The van der Waals surface area contributed by atoms with Crippen LogP contribution in [0.25, 0.3) is 0 Å². The van der Waals surface area contributed by atoms with Crippen LogP contribution in [0.15, 0.2) is 5.03 Å². The number of aromatic amines is 1. The molecule has 1 aromatic heterocycles. The molecule has 0 saturated heterocycles. The van der Waals surface area contributed by atoms with Crippen LogP contribution < -0.4 is 5.73 Å². The summed E-state index contributed by atoms with van der Waals surface area (Å²) >= 11 is 1.39. The van der Waals surface area contributed by atoms with Crippen LogP contribution in [0.3, 0.4) is 0 Å². The molecular formula is C7H11N3O2S. The maximum atomic E-state index is 10.7. The molecule has 1 rings (SSSR count). The number of nitrogens with one attached hydrogen (secondary N) is 1. The van der Waals surface area contributed by atoms with Gasteiger partial charge >= 0.3 is 5.97 Å².